The monoisotopic (exact) mass is 357 g/mol. The minimum atomic E-state index is -0.792. The van der Waals surface area contributed by atoms with Crippen LogP contribution in [-0.4, -0.2) is 23.2 Å². The van der Waals surface area contributed by atoms with Crippen LogP contribution in [0, 0.1) is 17.8 Å². The smallest absolute Gasteiger partial charge is 0.337 e. The van der Waals surface area contributed by atoms with E-state index in [1.807, 2.05) is 0 Å². The van der Waals surface area contributed by atoms with Crippen LogP contribution >= 0.6 is 0 Å². The Balaban J connectivity index is 1.91. The standard InChI is InChI=1S/C22H31NO3/c1-11(2)15-8-5-12(3)9-16(15)20-19(22(24)25)17-13-6-7-14(10-13)18(17)21(23-20)26-4/h11-16H,5-10H2,1-4H3,(H,24,25)/t12?,13-,14?,15+,16-/m1/s1. The number of nitrogens with zero attached hydrogens (tertiary/aromatic N) is 1. The molecular weight excluding hydrogens is 326 g/mol. The lowest BCUT2D eigenvalue weighted by atomic mass is 9.67. The largest absolute Gasteiger partial charge is 0.481 e. The molecule has 4 heteroatoms. The van der Waals surface area contributed by atoms with Crippen LogP contribution in [0.25, 0.3) is 0 Å². The third kappa shape index (κ3) is 2.64. The Morgan fingerprint density at radius 3 is 2.42 bits per heavy atom. The Labute approximate surface area is 156 Å². The quantitative estimate of drug-likeness (QED) is 0.791. The fourth-order valence-electron chi connectivity index (χ4n) is 6.10. The van der Waals surface area contributed by atoms with Gasteiger partial charge in [0.05, 0.1) is 18.4 Å². The second-order valence-corrected chi connectivity index (χ2v) is 9.15. The number of carbonyl (C=O) groups is 1. The van der Waals surface area contributed by atoms with E-state index in [-0.39, 0.29) is 5.92 Å². The number of fused-ring (bicyclic) bond motifs is 5. The first kappa shape index (κ1) is 17.8. The Bertz CT molecular complexity index is 727. The molecule has 1 aromatic rings. The molecule has 1 N–H and O–H groups in total. The third-order valence-electron chi connectivity index (χ3n) is 7.30. The molecule has 5 atom stereocenters. The molecule has 0 aliphatic heterocycles. The van der Waals surface area contributed by atoms with Crippen LogP contribution in [0.4, 0.5) is 0 Å². The lowest BCUT2D eigenvalue weighted by Crippen LogP contribution is -2.29. The molecule has 1 aromatic heterocycles. The van der Waals surface area contributed by atoms with Crippen molar-refractivity contribution in [3.8, 4) is 5.88 Å². The number of rotatable bonds is 4. The third-order valence-corrected chi connectivity index (χ3v) is 7.30. The van der Waals surface area contributed by atoms with E-state index >= 15 is 0 Å². The molecule has 0 radical (unpaired) electrons. The molecule has 26 heavy (non-hydrogen) atoms. The van der Waals surface area contributed by atoms with E-state index in [2.05, 4.69) is 20.8 Å². The Morgan fingerprint density at radius 1 is 1.12 bits per heavy atom. The van der Waals surface area contributed by atoms with E-state index in [4.69, 9.17) is 9.72 Å². The van der Waals surface area contributed by atoms with Gasteiger partial charge in [0.15, 0.2) is 0 Å². The molecule has 2 bridgehead atoms. The second kappa shape index (κ2) is 6.54. The predicted molar refractivity (Wildman–Crippen MR) is 101 cm³/mol. The molecule has 142 valence electrons. The molecule has 3 aliphatic rings. The van der Waals surface area contributed by atoms with Crippen LogP contribution in [0.15, 0.2) is 0 Å². The molecule has 2 saturated carbocycles. The molecule has 1 heterocycles. The van der Waals surface area contributed by atoms with Gasteiger partial charge >= 0.3 is 5.97 Å². The van der Waals surface area contributed by atoms with Gasteiger partial charge in [-0.15, -0.1) is 0 Å². The Morgan fingerprint density at radius 2 is 1.81 bits per heavy atom. The molecule has 0 saturated heterocycles. The second-order valence-electron chi connectivity index (χ2n) is 9.15. The van der Waals surface area contributed by atoms with E-state index in [0.29, 0.717) is 41.0 Å². The zero-order valence-corrected chi connectivity index (χ0v) is 16.4. The SMILES string of the molecule is COc1nc([C@@H]2CC(C)CC[C@H]2C(C)C)c(C(=O)O)c2c1C1CC[C@@H]2C1. The van der Waals surface area contributed by atoms with Crippen LogP contribution in [0.5, 0.6) is 5.88 Å². The summed E-state index contributed by atoms with van der Waals surface area (Å²) in [4.78, 5) is 17.3. The summed E-state index contributed by atoms with van der Waals surface area (Å²) in [5.74, 6) is 2.61. The van der Waals surface area contributed by atoms with Crippen molar-refractivity contribution in [2.24, 2.45) is 17.8 Å². The van der Waals surface area contributed by atoms with Gasteiger partial charge in [0.2, 0.25) is 5.88 Å². The van der Waals surface area contributed by atoms with Crippen molar-refractivity contribution >= 4 is 5.97 Å². The maximum atomic E-state index is 12.4. The first-order valence-corrected chi connectivity index (χ1v) is 10.3. The van der Waals surface area contributed by atoms with Crippen molar-refractivity contribution in [3.05, 3.63) is 22.4 Å². The van der Waals surface area contributed by atoms with Crippen molar-refractivity contribution in [1.82, 2.24) is 4.98 Å². The van der Waals surface area contributed by atoms with Crippen LogP contribution in [0.1, 0.15) is 104 Å². The molecule has 0 spiro atoms. The van der Waals surface area contributed by atoms with E-state index in [9.17, 15) is 9.90 Å². The summed E-state index contributed by atoms with van der Waals surface area (Å²) in [7, 11) is 1.68. The van der Waals surface area contributed by atoms with Crippen LogP contribution in [0.2, 0.25) is 0 Å². The van der Waals surface area contributed by atoms with Crippen molar-refractivity contribution < 1.29 is 14.6 Å². The summed E-state index contributed by atoms with van der Waals surface area (Å²) in [5.41, 5.74) is 3.51. The van der Waals surface area contributed by atoms with Gasteiger partial charge in [0.1, 0.15) is 0 Å². The van der Waals surface area contributed by atoms with Gasteiger partial charge in [-0.25, -0.2) is 9.78 Å². The predicted octanol–water partition coefficient (Wildman–Crippen LogP) is 5.33. The van der Waals surface area contributed by atoms with Crippen molar-refractivity contribution in [3.63, 3.8) is 0 Å². The normalized spacial score (nSPS) is 32.7. The topological polar surface area (TPSA) is 59.4 Å². The van der Waals surface area contributed by atoms with Gasteiger partial charge < -0.3 is 9.84 Å². The van der Waals surface area contributed by atoms with Crippen molar-refractivity contribution in [2.75, 3.05) is 7.11 Å². The molecule has 4 rings (SSSR count). The van der Waals surface area contributed by atoms with Crippen molar-refractivity contribution in [2.45, 2.75) is 77.0 Å². The van der Waals surface area contributed by atoms with Gasteiger partial charge in [-0.1, -0.05) is 27.2 Å². The summed E-state index contributed by atoms with van der Waals surface area (Å²) < 4.78 is 5.69. The zero-order valence-electron chi connectivity index (χ0n) is 16.4. The number of aromatic carboxylic acids is 1. The lowest BCUT2D eigenvalue weighted by molar-refractivity contribution is 0.0689. The summed E-state index contributed by atoms with van der Waals surface area (Å²) in [6, 6.07) is 0. The average molecular weight is 357 g/mol. The number of aromatic nitrogens is 1. The van der Waals surface area contributed by atoms with E-state index < -0.39 is 5.97 Å². The Hall–Kier alpha value is -1.58. The van der Waals surface area contributed by atoms with E-state index in [1.165, 1.54) is 6.42 Å². The summed E-state index contributed by atoms with van der Waals surface area (Å²) in [6.45, 7) is 6.82. The minimum absolute atomic E-state index is 0.225. The van der Waals surface area contributed by atoms with Crippen LogP contribution < -0.4 is 4.74 Å². The van der Waals surface area contributed by atoms with E-state index in [1.54, 1.807) is 7.11 Å². The van der Waals surface area contributed by atoms with Gasteiger partial charge in [-0.05, 0) is 67.3 Å². The number of hydrogen-bond acceptors (Lipinski definition) is 3. The Kier molecular flexibility index (Phi) is 4.48. The highest BCUT2D eigenvalue weighted by Gasteiger charge is 2.45. The van der Waals surface area contributed by atoms with Crippen LogP contribution in [-0.2, 0) is 0 Å². The molecule has 0 amide bonds. The number of carboxylic acids is 1. The molecule has 3 aliphatic carbocycles. The molecule has 4 nitrogen and oxygen atoms in total. The highest BCUT2D eigenvalue weighted by molar-refractivity contribution is 5.92. The molecule has 2 fully saturated rings. The molecule has 2 unspecified atom stereocenters. The van der Waals surface area contributed by atoms with Crippen molar-refractivity contribution in [1.29, 1.82) is 0 Å². The maximum absolute atomic E-state index is 12.4. The first-order chi connectivity index (χ1) is 12.4. The summed E-state index contributed by atoms with van der Waals surface area (Å²) in [5, 5.41) is 10.2. The number of methoxy groups -OCH3 is 1. The number of hydrogen-bond donors (Lipinski definition) is 1. The highest BCUT2D eigenvalue weighted by Crippen LogP contribution is 2.58. The zero-order chi connectivity index (χ0) is 18.6. The van der Waals surface area contributed by atoms with Gasteiger partial charge in [-0.2, -0.15) is 0 Å². The lowest BCUT2D eigenvalue weighted by Gasteiger charge is -2.38. The summed E-state index contributed by atoms with van der Waals surface area (Å²) >= 11 is 0. The number of ether oxygens (including phenoxy) is 1. The fraction of sp³-hybridized carbons (Fsp3) is 0.727. The van der Waals surface area contributed by atoms with E-state index in [0.717, 1.165) is 48.9 Å². The highest BCUT2D eigenvalue weighted by atomic mass is 16.5. The average Bonchev–Trinajstić information content (AvgIpc) is 3.22. The number of carboxylic acid groups (broad SMARTS) is 1. The van der Waals surface area contributed by atoms with Gasteiger partial charge in [0.25, 0.3) is 0 Å². The fourth-order valence-corrected chi connectivity index (χ4v) is 6.10. The molecule has 0 aromatic carbocycles. The first-order valence-electron chi connectivity index (χ1n) is 10.3. The van der Waals surface area contributed by atoms with Gasteiger partial charge in [-0.3, -0.25) is 0 Å². The van der Waals surface area contributed by atoms with Gasteiger partial charge in [0, 0.05) is 11.5 Å². The number of pyridine rings is 1. The summed E-state index contributed by atoms with van der Waals surface area (Å²) in [6.07, 6.45) is 6.75. The molecular formula is C22H31NO3. The van der Waals surface area contributed by atoms with Crippen LogP contribution in [0.3, 0.4) is 0 Å². The maximum Gasteiger partial charge on any atom is 0.337 e. The minimum Gasteiger partial charge on any atom is -0.481 e.